The number of rotatable bonds is 2. The highest BCUT2D eigenvalue weighted by Crippen LogP contribution is 2.29. The molecule has 1 amide bonds. The fraction of sp³-hybridized carbons (Fsp3) is 0.500. The van der Waals surface area contributed by atoms with E-state index < -0.39 is 12.0 Å². The number of hydrogen-bond donors (Lipinski definition) is 2. The van der Waals surface area contributed by atoms with Gasteiger partial charge in [0.15, 0.2) is 0 Å². The molecule has 0 aliphatic carbocycles. The number of hydrogen-bond acceptors (Lipinski definition) is 5. The summed E-state index contributed by atoms with van der Waals surface area (Å²) in [5, 5.41) is 5.15. The molecule has 0 aromatic carbocycles. The summed E-state index contributed by atoms with van der Waals surface area (Å²) in [7, 11) is 1.47. The molecule has 1 aliphatic rings. The number of halogens is 3. The highest BCUT2D eigenvalue weighted by Gasteiger charge is 2.36. The lowest BCUT2D eigenvalue weighted by molar-refractivity contribution is -0.144. The van der Waals surface area contributed by atoms with Gasteiger partial charge in [-0.25, -0.2) is 9.97 Å². The largest absolute Gasteiger partial charge is 0.451 e. The molecule has 1 aromatic rings. The van der Waals surface area contributed by atoms with E-state index in [1.165, 1.54) is 18.0 Å². The number of amides is 1. The quantitative estimate of drug-likeness (QED) is 0.821. The maximum atomic E-state index is 12.7. The number of anilines is 2. The fourth-order valence-corrected chi connectivity index (χ4v) is 1.69. The molecule has 0 bridgehead atoms. The van der Waals surface area contributed by atoms with Crippen LogP contribution in [0.5, 0.6) is 0 Å². The first kappa shape index (κ1) is 13.4. The van der Waals surface area contributed by atoms with Crippen LogP contribution in [-0.2, 0) is 11.0 Å². The van der Waals surface area contributed by atoms with Crippen LogP contribution in [0.25, 0.3) is 0 Å². The molecule has 2 heterocycles. The Kier molecular flexibility index (Phi) is 3.45. The number of aromatic nitrogens is 2. The van der Waals surface area contributed by atoms with Crippen molar-refractivity contribution in [3.8, 4) is 0 Å². The molecule has 0 atom stereocenters. The zero-order valence-electron chi connectivity index (χ0n) is 10.1. The average Bonchev–Trinajstić information content (AvgIpc) is 2.37. The van der Waals surface area contributed by atoms with E-state index in [1.807, 2.05) is 0 Å². The van der Waals surface area contributed by atoms with E-state index in [1.54, 1.807) is 0 Å². The first-order chi connectivity index (χ1) is 8.90. The molecular formula is C10H12F3N5O. The van der Waals surface area contributed by atoms with E-state index in [0.717, 1.165) is 0 Å². The van der Waals surface area contributed by atoms with Crippen molar-refractivity contribution in [3.63, 3.8) is 0 Å². The first-order valence-corrected chi connectivity index (χ1v) is 5.56. The molecule has 0 saturated carbocycles. The van der Waals surface area contributed by atoms with Crippen molar-refractivity contribution in [2.24, 2.45) is 0 Å². The lowest BCUT2D eigenvalue weighted by Crippen LogP contribution is -2.48. The summed E-state index contributed by atoms with van der Waals surface area (Å²) < 4.78 is 38.0. The minimum Gasteiger partial charge on any atom is -0.373 e. The average molecular weight is 275 g/mol. The number of carbonyl (C=O) groups is 1. The molecule has 9 heteroatoms. The van der Waals surface area contributed by atoms with Gasteiger partial charge in [-0.1, -0.05) is 0 Å². The van der Waals surface area contributed by atoms with E-state index in [4.69, 9.17) is 0 Å². The second kappa shape index (κ2) is 4.90. The van der Waals surface area contributed by atoms with E-state index in [9.17, 15) is 18.0 Å². The number of carbonyl (C=O) groups excluding carboxylic acids is 1. The van der Waals surface area contributed by atoms with Gasteiger partial charge in [-0.2, -0.15) is 13.2 Å². The first-order valence-electron chi connectivity index (χ1n) is 5.56. The van der Waals surface area contributed by atoms with E-state index >= 15 is 0 Å². The molecule has 2 N–H and O–H groups in total. The van der Waals surface area contributed by atoms with Crippen molar-refractivity contribution >= 4 is 17.5 Å². The summed E-state index contributed by atoms with van der Waals surface area (Å²) in [6, 6.07) is 1.38. The minimum atomic E-state index is -4.63. The van der Waals surface area contributed by atoms with Crippen molar-refractivity contribution in [2.45, 2.75) is 6.18 Å². The lowest BCUT2D eigenvalue weighted by Gasteiger charge is -2.28. The Morgan fingerprint density at radius 2 is 2.16 bits per heavy atom. The van der Waals surface area contributed by atoms with Crippen LogP contribution in [0.1, 0.15) is 5.82 Å². The Balaban J connectivity index is 2.36. The molecule has 1 saturated heterocycles. The van der Waals surface area contributed by atoms with Crippen LogP contribution in [0.4, 0.5) is 24.8 Å². The highest BCUT2D eigenvalue weighted by atomic mass is 19.4. The molecule has 0 radical (unpaired) electrons. The van der Waals surface area contributed by atoms with E-state index in [0.29, 0.717) is 13.1 Å². The molecule has 2 rings (SSSR count). The normalized spacial score (nSPS) is 16.2. The Hall–Kier alpha value is -2.06. The predicted octanol–water partition coefficient (Wildman–Crippen LogP) is 0.473. The van der Waals surface area contributed by atoms with Gasteiger partial charge < -0.3 is 15.5 Å². The Bertz CT molecular complexity index is 491. The van der Waals surface area contributed by atoms with Crippen molar-refractivity contribution in [2.75, 3.05) is 36.9 Å². The summed E-state index contributed by atoms with van der Waals surface area (Å²) >= 11 is 0. The number of nitrogens with zero attached hydrogens (tertiary/aromatic N) is 3. The second-order valence-electron chi connectivity index (χ2n) is 3.95. The van der Waals surface area contributed by atoms with Crippen LogP contribution in [-0.4, -0.2) is 42.6 Å². The van der Waals surface area contributed by atoms with Crippen LogP contribution in [0.2, 0.25) is 0 Å². The maximum Gasteiger partial charge on any atom is 0.451 e. The second-order valence-corrected chi connectivity index (χ2v) is 3.95. The van der Waals surface area contributed by atoms with Crippen molar-refractivity contribution < 1.29 is 18.0 Å². The zero-order valence-corrected chi connectivity index (χ0v) is 10.1. The van der Waals surface area contributed by atoms with Gasteiger partial charge >= 0.3 is 6.18 Å². The standard InChI is InChI=1S/C10H12F3N5O/c1-14-6-4-7(17-9(16-6)10(11,12)13)18-3-2-15-8(19)5-18/h4H,2-3,5H2,1H3,(H,15,19)(H,14,16,17). The summed E-state index contributed by atoms with van der Waals surface area (Å²) in [6.07, 6.45) is -4.63. The van der Waals surface area contributed by atoms with Crippen molar-refractivity contribution in [1.29, 1.82) is 0 Å². The minimum absolute atomic E-state index is 0.0164. The molecular weight excluding hydrogens is 263 g/mol. The van der Waals surface area contributed by atoms with Gasteiger partial charge in [0, 0.05) is 26.2 Å². The molecule has 19 heavy (non-hydrogen) atoms. The Labute approximate surface area is 107 Å². The van der Waals surface area contributed by atoms with Gasteiger partial charge in [0.25, 0.3) is 0 Å². The van der Waals surface area contributed by atoms with Crippen LogP contribution in [0.15, 0.2) is 6.07 Å². The molecule has 0 spiro atoms. The Morgan fingerprint density at radius 3 is 2.74 bits per heavy atom. The lowest BCUT2D eigenvalue weighted by atomic mass is 10.3. The van der Waals surface area contributed by atoms with Gasteiger partial charge in [0.1, 0.15) is 11.6 Å². The van der Waals surface area contributed by atoms with Crippen molar-refractivity contribution in [1.82, 2.24) is 15.3 Å². The number of alkyl halides is 3. The summed E-state index contributed by atoms with van der Waals surface area (Å²) in [5.74, 6) is -1.32. The van der Waals surface area contributed by atoms with Gasteiger partial charge in [0.05, 0.1) is 6.54 Å². The SMILES string of the molecule is CNc1cc(N2CCNC(=O)C2)nc(C(F)(F)F)n1. The number of nitrogens with one attached hydrogen (secondary N) is 2. The predicted molar refractivity (Wildman–Crippen MR) is 61.8 cm³/mol. The molecule has 1 aliphatic heterocycles. The summed E-state index contributed by atoms with van der Waals surface area (Å²) in [5.41, 5.74) is 0. The fourth-order valence-electron chi connectivity index (χ4n) is 1.69. The highest BCUT2D eigenvalue weighted by molar-refractivity contribution is 5.82. The third kappa shape index (κ3) is 3.04. The summed E-state index contributed by atoms with van der Waals surface area (Å²) in [4.78, 5) is 19.6. The molecule has 1 fully saturated rings. The Morgan fingerprint density at radius 1 is 1.42 bits per heavy atom. The smallest absolute Gasteiger partial charge is 0.373 e. The van der Waals surface area contributed by atoms with Crippen LogP contribution in [0.3, 0.4) is 0 Å². The van der Waals surface area contributed by atoms with Gasteiger partial charge in [-0.3, -0.25) is 4.79 Å². The van der Waals surface area contributed by atoms with Gasteiger partial charge in [-0.05, 0) is 0 Å². The van der Waals surface area contributed by atoms with Crippen LogP contribution < -0.4 is 15.5 Å². The van der Waals surface area contributed by atoms with Gasteiger partial charge in [0.2, 0.25) is 11.7 Å². The van der Waals surface area contributed by atoms with Crippen LogP contribution >= 0.6 is 0 Å². The molecule has 0 unspecified atom stereocenters. The zero-order chi connectivity index (χ0) is 14.0. The third-order valence-electron chi connectivity index (χ3n) is 2.58. The monoisotopic (exact) mass is 275 g/mol. The van der Waals surface area contributed by atoms with E-state index in [2.05, 4.69) is 20.6 Å². The van der Waals surface area contributed by atoms with Gasteiger partial charge in [-0.15, -0.1) is 0 Å². The summed E-state index contributed by atoms with van der Waals surface area (Å²) in [6.45, 7) is 0.764. The molecule has 6 nitrogen and oxygen atoms in total. The van der Waals surface area contributed by atoms with E-state index in [-0.39, 0.29) is 24.1 Å². The maximum absolute atomic E-state index is 12.7. The topological polar surface area (TPSA) is 70.2 Å². The van der Waals surface area contributed by atoms with Crippen LogP contribution in [0, 0.1) is 0 Å². The third-order valence-corrected chi connectivity index (χ3v) is 2.58. The molecule has 104 valence electrons. The molecule has 1 aromatic heterocycles. The van der Waals surface area contributed by atoms with Crippen molar-refractivity contribution in [3.05, 3.63) is 11.9 Å². The number of piperazine rings is 1.